The number of ether oxygens (including phenoxy) is 2. The van der Waals surface area contributed by atoms with Gasteiger partial charge in [-0.05, 0) is 55.3 Å². The summed E-state index contributed by atoms with van der Waals surface area (Å²) in [5.41, 5.74) is 6.57. The molecule has 0 unspecified atom stereocenters. The molecule has 0 aliphatic carbocycles. The Kier molecular flexibility index (Phi) is 8.68. The fourth-order valence-corrected chi connectivity index (χ4v) is 2.54. The van der Waals surface area contributed by atoms with E-state index in [9.17, 15) is 14.4 Å². The zero-order valence-corrected chi connectivity index (χ0v) is 17.4. The van der Waals surface area contributed by atoms with Gasteiger partial charge in [0.1, 0.15) is 0 Å². The topological polar surface area (TPSA) is 106 Å². The molecule has 0 atom stereocenters. The van der Waals surface area contributed by atoms with Crippen LogP contribution in [0.5, 0.6) is 11.5 Å². The number of methoxy groups -OCH3 is 1. The number of anilines is 1. The third kappa shape index (κ3) is 7.12. The van der Waals surface area contributed by atoms with Gasteiger partial charge in [-0.25, -0.2) is 0 Å². The molecule has 0 aliphatic heterocycles. The summed E-state index contributed by atoms with van der Waals surface area (Å²) in [6.07, 6.45) is 2.23. The lowest BCUT2D eigenvalue weighted by molar-refractivity contribution is -0.123. The Hall–Kier alpha value is -3.55. The normalized spacial score (nSPS) is 10.1. The van der Waals surface area contributed by atoms with Crippen LogP contribution in [0.4, 0.5) is 5.69 Å². The Morgan fingerprint density at radius 1 is 0.933 bits per heavy atom. The van der Waals surface area contributed by atoms with E-state index in [0.29, 0.717) is 29.2 Å². The van der Waals surface area contributed by atoms with Gasteiger partial charge in [0.25, 0.3) is 11.8 Å². The molecular weight excluding hydrogens is 386 g/mol. The lowest BCUT2D eigenvalue weighted by Gasteiger charge is -2.12. The number of unbranched alkanes of at least 4 members (excludes halogenated alkanes) is 1. The SMILES string of the molecule is CCCCC(=O)Nc1ccc(C(=O)NNC(=O)COc2ccc(C)cc2OC)cc1. The van der Waals surface area contributed by atoms with Gasteiger partial charge in [0, 0.05) is 17.7 Å². The number of nitrogens with one attached hydrogen (secondary N) is 3. The van der Waals surface area contributed by atoms with Crippen LogP contribution >= 0.6 is 0 Å². The number of carbonyl (C=O) groups excluding carboxylic acids is 3. The van der Waals surface area contributed by atoms with E-state index in [4.69, 9.17) is 9.47 Å². The van der Waals surface area contributed by atoms with Crippen LogP contribution in [0, 0.1) is 6.92 Å². The van der Waals surface area contributed by atoms with Crippen LogP contribution in [0.1, 0.15) is 42.1 Å². The summed E-state index contributed by atoms with van der Waals surface area (Å²) >= 11 is 0. The van der Waals surface area contributed by atoms with E-state index < -0.39 is 11.8 Å². The predicted octanol–water partition coefficient (Wildman–Crippen LogP) is 2.97. The maximum Gasteiger partial charge on any atom is 0.276 e. The largest absolute Gasteiger partial charge is 0.493 e. The number of hydrogen-bond acceptors (Lipinski definition) is 5. The zero-order chi connectivity index (χ0) is 21.9. The van der Waals surface area contributed by atoms with Gasteiger partial charge in [-0.15, -0.1) is 0 Å². The number of amides is 3. The van der Waals surface area contributed by atoms with Crippen molar-refractivity contribution in [1.82, 2.24) is 10.9 Å². The molecule has 0 saturated carbocycles. The highest BCUT2D eigenvalue weighted by atomic mass is 16.5. The third-order valence-electron chi connectivity index (χ3n) is 4.18. The molecule has 0 bridgehead atoms. The van der Waals surface area contributed by atoms with E-state index in [1.54, 1.807) is 36.4 Å². The molecule has 30 heavy (non-hydrogen) atoms. The molecular formula is C22H27N3O5. The van der Waals surface area contributed by atoms with E-state index in [1.165, 1.54) is 7.11 Å². The number of hydrazine groups is 1. The summed E-state index contributed by atoms with van der Waals surface area (Å²) < 4.78 is 10.6. The second-order valence-corrected chi connectivity index (χ2v) is 6.67. The Balaban J connectivity index is 1.79. The highest BCUT2D eigenvalue weighted by Crippen LogP contribution is 2.27. The average molecular weight is 413 g/mol. The Labute approximate surface area is 175 Å². The van der Waals surface area contributed by atoms with Crippen molar-refractivity contribution in [2.75, 3.05) is 19.0 Å². The molecule has 3 amide bonds. The standard InChI is InChI=1S/C22H27N3O5/c1-4-5-6-20(26)23-17-10-8-16(9-11-17)22(28)25-24-21(27)14-30-18-12-7-15(2)13-19(18)29-3/h7-13H,4-6,14H2,1-3H3,(H,23,26)(H,24,27)(H,25,28). The van der Waals surface area contributed by atoms with Crippen molar-refractivity contribution in [3.63, 3.8) is 0 Å². The van der Waals surface area contributed by atoms with Crippen LogP contribution in [-0.2, 0) is 9.59 Å². The molecule has 0 aliphatic rings. The molecule has 0 fully saturated rings. The molecule has 3 N–H and O–H groups in total. The molecule has 2 aromatic rings. The van der Waals surface area contributed by atoms with Crippen molar-refractivity contribution in [1.29, 1.82) is 0 Å². The van der Waals surface area contributed by atoms with Gasteiger partial charge in [0.15, 0.2) is 18.1 Å². The van der Waals surface area contributed by atoms with Gasteiger partial charge >= 0.3 is 0 Å². The van der Waals surface area contributed by atoms with Crippen molar-refractivity contribution in [2.24, 2.45) is 0 Å². The maximum atomic E-state index is 12.2. The fourth-order valence-electron chi connectivity index (χ4n) is 2.54. The maximum absolute atomic E-state index is 12.2. The van der Waals surface area contributed by atoms with E-state index >= 15 is 0 Å². The minimum Gasteiger partial charge on any atom is -0.493 e. The molecule has 0 heterocycles. The molecule has 0 aromatic heterocycles. The molecule has 2 rings (SSSR count). The first-order chi connectivity index (χ1) is 14.4. The predicted molar refractivity (Wildman–Crippen MR) is 113 cm³/mol. The smallest absolute Gasteiger partial charge is 0.276 e. The minimum atomic E-state index is -0.522. The molecule has 0 radical (unpaired) electrons. The fraction of sp³-hybridized carbons (Fsp3) is 0.318. The van der Waals surface area contributed by atoms with Gasteiger partial charge in [0.2, 0.25) is 5.91 Å². The lowest BCUT2D eigenvalue weighted by Crippen LogP contribution is -2.43. The van der Waals surface area contributed by atoms with Gasteiger partial charge in [-0.3, -0.25) is 25.2 Å². The summed E-state index contributed by atoms with van der Waals surface area (Å²) in [6.45, 7) is 3.65. The van der Waals surface area contributed by atoms with Crippen molar-refractivity contribution in [3.05, 3.63) is 53.6 Å². The summed E-state index contributed by atoms with van der Waals surface area (Å²) in [5, 5.41) is 2.77. The highest BCUT2D eigenvalue weighted by Gasteiger charge is 2.10. The Morgan fingerprint density at radius 2 is 1.67 bits per heavy atom. The van der Waals surface area contributed by atoms with Crippen molar-refractivity contribution in [2.45, 2.75) is 33.1 Å². The number of aryl methyl sites for hydroxylation is 1. The first kappa shape index (κ1) is 22.7. The van der Waals surface area contributed by atoms with E-state index in [2.05, 4.69) is 16.2 Å². The van der Waals surface area contributed by atoms with Crippen molar-refractivity contribution in [3.8, 4) is 11.5 Å². The third-order valence-corrected chi connectivity index (χ3v) is 4.18. The van der Waals surface area contributed by atoms with Gasteiger partial charge < -0.3 is 14.8 Å². The number of rotatable bonds is 9. The summed E-state index contributed by atoms with van der Waals surface area (Å²) in [6, 6.07) is 11.7. The van der Waals surface area contributed by atoms with Gasteiger partial charge in [-0.2, -0.15) is 0 Å². The number of hydrogen-bond donors (Lipinski definition) is 3. The summed E-state index contributed by atoms with van der Waals surface area (Å²) in [5.74, 6) is -0.118. The quantitative estimate of drug-likeness (QED) is 0.548. The zero-order valence-electron chi connectivity index (χ0n) is 17.4. The number of carbonyl (C=O) groups is 3. The molecule has 2 aromatic carbocycles. The van der Waals surface area contributed by atoms with Crippen LogP contribution in [0.3, 0.4) is 0 Å². The van der Waals surface area contributed by atoms with Crippen LogP contribution in [0.15, 0.2) is 42.5 Å². The van der Waals surface area contributed by atoms with E-state index in [0.717, 1.165) is 18.4 Å². The average Bonchev–Trinajstić information content (AvgIpc) is 2.75. The summed E-state index contributed by atoms with van der Waals surface area (Å²) in [4.78, 5) is 35.8. The molecule has 160 valence electrons. The molecule has 0 spiro atoms. The van der Waals surface area contributed by atoms with Crippen LogP contribution < -0.4 is 25.6 Å². The monoisotopic (exact) mass is 413 g/mol. The minimum absolute atomic E-state index is 0.0634. The summed E-state index contributed by atoms with van der Waals surface area (Å²) in [7, 11) is 1.52. The van der Waals surface area contributed by atoms with Crippen molar-refractivity contribution >= 4 is 23.4 Å². The number of benzene rings is 2. The first-order valence-corrected chi connectivity index (χ1v) is 9.69. The van der Waals surface area contributed by atoms with E-state index in [-0.39, 0.29) is 12.5 Å². The van der Waals surface area contributed by atoms with Crippen molar-refractivity contribution < 1.29 is 23.9 Å². The van der Waals surface area contributed by atoms with Crippen LogP contribution in [0.25, 0.3) is 0 Å². The molecule has 0 saturated heterocycles. The molecule has 8 nitrogen and oxygen atoms in total. The highest BCUT2D eigenvalue weighted by molar-refractivity contribution is 5.96. The first-order valence-electron chi connectivity index (χ1n) is 9.69. The second-order valence-electron chi connectivity index (χ2n) is 6.67. The van der Waals surface area contributed by atoms with Gasteiger partial charge in [-0.1, -0.05) is 19.4 Å². The lowest BCUT2D eigenvalue weighted by atomic mass is 10.2. The van der Waals surface area contributed by atoms with E-state index in [1.807, 2.05) is 19.9 Å². The van der Waals surface area contributed by atoms with Gasteiger partial charge in [0.05, 0.1) is 7.11 Å². The van der Waals surface area contributed by atoms with Crippen LogP contribution in [0.2, 0.25) is 0 Å². The molecule has 8 heteroatoms. The second kappa shape index (κ2) is 11.5. The Morgan fingerprint density at radius 3 is 2.33 bits per heavy atom. The van der Waals surface area contributed by atoms with Crippen LogP contribution in [-0.4, -0.2) is 31.4 Å². The Bertz CT molecular complexity index is 881.